The topological polar surface area (TPSA) is 26.0 Å². The van der Waals surface area contributed by atoms with Crippen LogP contribution < -0.4 is 0 Å². The Morgan fingerprint density at radius 3 is 2.77 bits per heavy atom. The third-order valence-electron chi connectivity index (χ3n) is 2.76. The molecular weight excluding hydrogens is 162 g/mol. The zero-order valence-corrected chi connectivity index (χ0v) is 8.84. The van der Waals surface area contributed by atoms with Gasteiger partial charge in [0.2, 0.25) is 0 Å². The van der Waals surface area contributed by atoms with Crippen LogP contribution in [0.25, 0.3) is 0 Å². The predicted octanol–water partition coefficient (Wildman–Crippen LogP) is 3.43. The van der Waals surface area contributed by atoms with Gasteiger partial charge in [0.25, 0.3) is 0 Å². The SMILES string of the molecule is CCC(C)(C)CCCc1cnoc1. The van der Waals surface area contributed by atoms with E-state index in [0.29, 0.717) is 5.41 Å². The third-order valence-corrected chi connectivity index (χ3v) is 2.76. The van der Waals surface area contributed by atoms with Gasteiger partial charge in [-0.25, -0.2) is 0 Å². The maximum Gasteiger partial charge on any atom is 0.126 e. The number of hydrogen-bond donors (Lipinski definition) is 0. The van der Waals surface area contributed by atoms with E-state index in [-0.39, 0.29) is 0 Å². The van der Waals surface area contributed by atoms with Gasteiger partial charge in [-0.15, -0.1) is 0 Å². The van der Waals surface area contributed by atoms with Crippen LogP contribution in [0.2, 0.25) is 0 Å². The van der Waals surface area contributed by atoms with Crippen molar-refractivity contribution in [2.45, 2.75) is 46.5 Å². The molecule has 0 bridgehead atoms. The molecule has 2 nitrogen and oxygen atoms in total. The van der Waals surface area contributed by atoms with Crippen LogP contribution in [0, 0.1) is 5.41 Å². The summed E-state index contributed by atoms with van der Waals surface area (Å²) in [4.78, 5) is 0. The fourth-order valence-corrected chi connectivity index (χ4v) is 1.30. The lowest BCUT2D eigenvalue weighted by Gasteiger charge is -2.21. The third kappa shape index (κ3) is 3.62. The van der Waals surface area contributed by atoms with Crippen molar-refractivity contribution in [3.63, 3.8) is 0 Å². The van der Waals surface area contributed by atoms with E-state index in [2.05, 4.69) is 25.9 Å². The molecule has 0 amide bonds. The quantitative estimate of drug-likeness (QED) is 0.695. The van der Waals surface area contributed by atoms with E-state index in [0.717, 1.165) is 6.42 Å². The average Bonchev–Trinajstić information content (AvgIpc) is 2.57. The van der Waals surface area contributed by atoms with Crippen molar-refractivity contribution in [3.05, 3.63) is 18.0 Å². The molecule has 0 aliphatic rings. The van der Waals surface area contributed by atoms with E-state index in [1.54, 1.807) is 12.5 Å². The van der Waals surface area contributed by atoms with Crippen LogP contribution in [0.3, 0.4) is 0 Å². The van der Waals surface area contributed by atoms with Gasteiger partial charge >= 0.3 is 0 Å². The lowest BCUT2D eigenvalue weighted by Crippen LogP contribution is -2.09. The Balaban J connectivity index is 2.21. The van der Waals surface area contributed by atoms with Crippen LogP contribution >= 0.6 is 0 Å². The van der Waals surface area contributed by atoms with Crippen LogP contribution in [-0.4, -0.2) is 5.16 Å². The Bertz CT molecular complexity index is 226. The largest absolute Gasteiger partial charge is 0.364 e. The molecular formula is C11H19NO. The van der Waals surface area contributed by atoms with Gasteiger partial charge in [0.15, 0.2) is 0 Å². The lowest BCUT2D eigenvalue weighted by molar-refractivity contribution is 0.313. The highest BCUT2D eigenvalue weighted by Crippen LogP contribution is 2.26. The van der Waals surface area contributed by atoms with Crippen LogP contribution in [0.15, 0.2) is 17.0 Å². The molecule has 74 valence electrons. The molecule has 2 heteroatoms. The normalized spacial score (nSPS) is 11.9. The van der Waals surface area contributed by atoms with E-state index in [9.17, 15) is 0 Å². The van der Waals surface area contributed by atoms with Crippen molar-refractivity contribution in [1.82, 2.24) is 5.16 Å². The van der Waals surface area contributed by atoms with Crippen LogP contribution in [0.1, 0.15) is 45.6 Å². The average molecular weight is 181 g/mol. The van der Waals surface area contributed by atoms with Gasteiger partial charge in [0.1, 0.15) is 6.26 Å². The zero-order valence-electron chi connectivity index (χ0n) is 8.84. The molecule has 1 aromatic heterocycles. The fraction of sp³-hybridized carbons (Fsp3) is 0.727. The number of aromatic nitrogens is 1. The van der Waals surface area contributed by atoms with E-state index in [1.165, 1.54) is 24.8 Å². The van der Waals surface area contributed by atoms with Crippen LogP contribution in [0.5, 0.6) is 0 Å². The van der Waals surface area contributed by atoms with E-state index < -0.39 is 0 Å². The molecule has 0 aliphatic heterocycles. The molecule has 1 aromatic rings. The van der Waals surface area contributed by atoms with Gasteiger partial charge in [0.05, 0.1) is 6.20 Å². The van der Waals surface area contributed by atoms with Crippen LogP contribution in [-0.2, 0) is 6.42 Å². The molecule has 0 saturated carbocycles. The van der Waals surface area contributed by atoms with E-state index in [1.807, 2.05) is 0 Å². The summed E-state index contributed by atoms with van der Waals surface area (Å²) in [5.41, 5.74) is 1.70. The van der Waals surface area contributed by atoms with Gasteiger partial charge < -0.3 is 4.52 Å². The first-order valence-corrected chi connectivity index (χ1v) is 5.02. The van der Waals surface area contributed by atoms with Gasteiger partial charge in [-0.3, -0.25) is 0 Å². The van der Waals surface area contributed by atoms with Crippen molar-refractivity contribution >= 4 is 0 Å². The smallest absolute Gasteiger partial charge is 0.126 e. The summed E-state index contributed by atoms with van der Waals surface area (Å²) < 4.78 is 4.77. The second kappa shape index (κ2) is 4.45. The molecule has 0 atom stereocenters. The summed E-state index contributed by atoms with van der Waals surface area (Å²) in [6.07, 6.45) is 8.37. The summed E-state index contributed by atoms with van der Waals surface area (Å²) in [5, 5.41) is 3.68. The first kappa shape index (κ1) is 10.3. The second-order valence-electron chi connectivity index (χ2n) is 4.40. The minimum Gasteiger partial charge on any atom is -0.364 e. The number of rotatable bonds is 5. The molecule has 0 unspecified atom stereocenters. The van der Waals surface area contributed by atoms with Crippen molar-refractivity contribution in [2.75, 3.05) is 0 Å². The Morgan fingerprint density at radius 1 is 1.46 bits per heavy atom. The predicted molar refractivity (Wildman–Crippen MR) is 53.5 cm³/mol. The maximum absolute atomic E-state index is 4.77. The van der Waals surface area contributed by atoms with Gasteiger partial charge in [-0.2, -0.15) is 0 Å². The van der Waals surface area contributed by atoms with Crippen molar-refractivity contribution in [3.8, 4) is 0 Å². The molecule has 0 spiro atoms. The summed E-state index contributed by atoms with van der Waals surface area (Å²) in [5.74, 6) is 0. The monoisotopic (exact) mass is 181 g/mol. The molecule has 0 radical (unpaired) electrons. The summed E-state index contributed by atoms with van der Waals surface area (Å²) >= 11 is 0. The first-order valence-electron chi connectivity index (χ1n) is 5.02. The Morgan fingerprint density at radius 2 is 2.23 bits per heavy atom. The number of hydrogen-bond acceptors (Lipinski definition) is 2. The minimum absolute atomic E-state index is 0.483. The van der Waals surface area contributed by atoms with Gasteiger partial charge in [0, 0.05) is 5.56 Å². The van der Waals surface area contributed by atoms with E-state index in [4.69, 9.17) is 4.52 Å². The zero-order chi connectivity index (χ0) is 9.73. The summed E-state index contributed by atoms with van der Waals surface area (Å²) in [6.45, 7) is 6.89. The summed E-state index contributed by atoms with van der Waals surface area (Å²) in [6, 6.07) is 0. The molecule has 0 aliphatic carbocycles. The van der Waals surface area contributed by atoms with Crippen LogP contribution in [0.4, 0.5) is 0 Å². The lowest BCUT2D eigenvalue weighted by atomic mass is 9.84. The Kier molecular flexibility index (Phi) is 3.52. The molecule has 0 saturated heterocycles. The van der Waals surface area contributed by atoms with Crippen molar-refractivity contribution in [1.29, 1.82) is 0 Å². The molecule has 1 heterocycles. The standard InChI is InChI=1S/C11H19NO/c1-4-11(2,3)7-5-6-10-8-12-13-9-10/h8-9H,4-7H2,1-3H3. The molecule has 1 rings (SSSR count). The second-order valence-corrected chi connectivity index (χ2v) is 4.40. The highest BCUT2D eigenvalue weighted by Gasteiger charge is 2.14. The number of nitrogens with zero attached hydrogens (tertiary/aromatic N) is 1. The highest BCUT2D eigenvalue weighted by molar-refractivity contribution is 4.99. The van der Waals surface area contributed by atoms with Gasteiger partial charge in [-0.1, -0.05) is 32.3 Å². The van der Waals surface area contributed by atoms with Gasteiger partial charge in [-0.05, 0) is 24.7 Å². The summed E-state index contributed by atoms with van der Waals surface area (Å²) in [7, 11) is 0. The molecule has 0 fully saturated rings. The molecule has 13 heavy (non-hydrogen) atoms. The minimum atomic E-state index is 0.483. The molecule has 0 aromatic carbocycles. The Labute approximate surface area is 80.3 Å². The van der Waals surface area contributed by atoms with Crippen molar-refractivity contribution < 1.29 is 4.52 Å². The number of aryl methyl sites for hydroxylation is 1. The maximum atomic E-state index is 4.77. The van der Waals surface area contributed by atoms with Crippen molar-refractivity contribution in [2.24, 2.45) is 5.41 Å². The van der Waals surface area contributed by atoms with E-state index >= 15 is 0 Å². The molecule has 0 N–H and O–H groups in total. The highest BCUT2D eigenvalue weighted by atomic mass is 16.5. The first-order chi connectivity index (χ1) is 6.14. The fourth-order valence-electron chi connectivity index (χ4n) is 1.30. The Hall–Kier alpha value is -0.790.